The van der Waals surface area contributed by atoms with Crippen molar-refractivity contribution in [3.8, 4) is 0 Å². The number of carbonyl (C=O) groups is 1. The molecule has 0 aliphatic carbocycles. The molecule has 100 valence electrons. The summed E-state index contributed by atoms with van der Waals surface area (Å²) in [6, 6.07) is 0. The minimum absolute atomic E-state index is 0.210. The molecule has 9 heteroatoms. The van der Waals surface area contributed by atoms with Crippen molar-refractivity contribution in [3.05, 3.63) is 0 Å². The normalized spacial score (nSPS) is 23.6. The summed E-state index contributed by atoms with van der Waals surface area (Å²) in [5.41, 5.74) is -5.32. The maximum atomic E-state index is 12.3. The number of rotatable bonds is 3. The Balaban J connectivity index is 2.77. The highest BCUT2D eigenvalue weighted by molar-refractivity contribution is 7.90. The molecule has 0 bridgehead atoms. The van der Waals surface area contributed by atoms with E-state index in [2.05, 4.69) is 0 Å². The van der Waals surface area contributed by atoms with Crippen LogP contribution in [0.1, 0.15) is 19.3 Å². The number of aliphatic carboxylic acids is 1. The Bertz CT molecular complexity index is 392. The van der Waals surface area contributed by atoms with Crippen molar-refractivity contribution in [2.24, 2.45) is 5.92 Å². The number of piperidine rings is 1. The second-order valence-corrected chi connectivity index (χ2v) is 5.84. The summed E-state index contributed by atoms with van der Waals surface area (Å²) in [6.45, 7) is -0.591. The highest BCUT2D eigenvalue weighted by atomic mass is 32.2. The molecule has 1 aliphatic rings. The number of nitrogens with zero attached hydrogens (tertiary/aromatic N) is 1. The van der Waals surface area contributed by atoms with Gasteiger partial charge >= 0.3 is 21.5 Å². The Hall–Kier alpha value is -0.830. The first kappa shape index (κ1) is 14.2. The highest BCUT2D eigenvalue weighted by Gasteiger charge is 2.50. The monoisotopic (exact) mass is 275 g/mol. The van der Waals surface area contributed by atoms with Crippen molar-refractivity contribution in [2.75, 3.05) is 13.1 Å². The molecule has 0 aromatic heterocycles. The van der Waals surface area contributed by atoms with Gasteiger partial charge in [0, 0.05) is 19.5 Å². The van der Waals surface area contributed by atoms with Crippen LogP contribution in [-0.4, -0.2) is 42.4 Å². The molecule has 17 heavy (non-hydrogen) atoms. The van der Waals surface area contributed by atoms with E-state index in [0.717, 1.165) is 0 Å². The summed E-state index contributed by atoms with van der Waals surface area (Å²) < 4.78 is 59.3. The number of hydrogen-bond acceptors (Lipinski definition) is 3. The fourth-order valence-corrected chi connectivity index (χ4v) is 2.87. The maximum absolute atomic E-state index is 12.3. The van der Waals surface area contributed by atoms with Crippen molar-refractivity contribution in [1.82, 2.24) is 4.31 Å². The van der Waals surface area contributed by atoms with Gasteiger partial charge in [0.05, 0.1) is 0 Å². The van der Waals surface area contributed by atoms with E-state index >= 15 is 0 Å². The molecule has 1 saturated heterocycles. The average molecular weight is 275 g/mol. The number of sulfonamides is 1. The largest absolute Gasteiger partial charge is 0.511 e. The molecular weight excluding hydrogens is 263 g/mol. The first-order valence-corrected chi connectivity index (χ1v) is 6.37. The Morgan fingerprint density at radius 3 is 2.47 bits per heavy atom. The molecule has 1 atom stereocenters. The van der Waals surface area contributed by atoms with Crippen molar-refractivity contribution < 1.29 is 31.5 Å². The molecule has 5 nitrogen and oxygen atoms in total. The molecule has 1 heterocycles. The zero-order valence-electron chi connectivity index (χ0n) is 8.77. The Labute approximate surface area is 96.3 Å². The lowest BCUT2D eigenvalue weighted by molar-refractivity contribution is -0.138. The van der Waals surface area contributed by atoms with E-state index in [1.54, 1.807) is 0 Å². The van der Waals surface area contributed by atoms with Gasteiger partial charge in [-0.25, -0.2) is 8.42 Å². The van der Waals surface area contributed by atoms with Gasteiger partial charge in [-0.3, -0.25) is 4.79 Å². The molecule has 0 aromatic carbocycles. The number of hydrogen-bond donors (Lipinski definition) is 1. The van der Waals surface area contributed by atoms with E-state index in [1.165, 1.54) is 0 Å². The minimum Gasteiger partial charge on any atom is -0.481 e. The second kappa shape index (κ2) is 4.81. The summed E-state index contributed by atoms with van der Waals surface area (Å²) in [7, 11) is -5.33. The van der Waals surface area contributed by atoms with Crippen molar-refractivity contribution in [3.63, 3.8) is 0 Å². The summed E-state index contributed by atoms with van der Waals surface area (Å²) in [5.74, 6) is -1.69. The van der Waals surface area contributed by atoms with Crippen molar-refractivity contribution in [1.29, 1.82) is 0 Å². The van der Waals surface area contributed by atoms with Crippen LogP contribution in [0.15, 0.2) is 0 Å². The van der Waals surface area contributed by atoms with E-state index in [4.69, 9.17) is 5.11 Å². The van der Waals surface area contributed by atoms with Gasteiger partial charge in [-0.15, -0.1) is 0 Å². The smallest absolute Gasteiger partial charge is 0.481 e. The van der Waals surface area contributed by atoms with Crippen LogP contribution in [-0.2, 0) is 14.8 Å². The lowest BCUT2D eigenvalue weighted by Gasteiger charge is -2.31. The molecule has 1 aliphatic heterocycles. The van der Waals surface area contributed by atoms with Gasteiger partial charge in [-0.1, -0.05) is 0 Å². The van der Waals surface area contributed by atoms with Crippen LogP contribution in [0.2, 0.25) is 0 Å². The third-order valence-electron chi connectivity index (χ3n) is 2.58. The standard InChI is InChI=1S/C8H12F3NO4S/c9-8(10,11)17(15,16)12-3-1-2-6(5-12)4-7(13)14/h6H,1-5H2,(H,13,14). The molecule has 1 unspecified atom stereocenters. The van der Waals surface area contributed by atoms with E-state index in [1.807, 2.05) is 0 Å². The van der Waals surface area contributed by atoms with E-state index in [-0.39, 0.29) is 25.9 Å². The predicted molar refractivity (Wildman–Crippen MR) is 51.5 cm³/mol. The van der Waals surface area contributed by atoms with Crippen molar-refractivity contribution >= 4 is 16.0 Å². The number of alkyl halides is 3. The fraction of sp³-hybridized carbons (Fsp3) is 0.875. The Morgan fingerprint density at radius 2 is 2.00 bits per heavy atom. The molecule has 0 amide bonds. The molecule has 1 fully saturated rings. The Morgan fingerprint density at radius 1 is 1.41 bits per heavy atom. The molecule has 0 spiro atoms. The van der Waals surface area contributed by atoms with E-state index < -0.39 is 27.4 Å². The highest BCUT2D eigenvalue weighted by Crippen LogP contribution is 2.31. The third-order valence-corrected chi connectivity index (χ3v) is 4.17. The molecule has 1 N–H and O–H groups in total. The minimum atomic E-state index is -5.33. The number of carboxylic acid groups (broad SMARTS) is 1. The third kappa shape index (κ3) is 3.32. The first-order chi connectivity index (χ1) is 7.64. The van der Waals surface area contributed by atoms with E-state index in [9.17, 15) is 26.4 Å². The lowest BCUT2D eigenvalue weighted by Crippen LogP contribution is -2.46. The van der Waals surface area contributed by atoms with Gasteiger partial charge in [0.15, 0.2) is 0 Å². The fourth-order valence-electron chi connectivity index (χ4n) is 1.81. The summed E-state index contributed by atoms with van der Waals surface area (Å²) in [6.07, 6.45) is 0.354. The summed E-state index contributed by atoms with van der Waals surface area (Å²) in [5, 5.41) is 8.52. The molecule has 0 saturated carbocycles. The van der Waals surface area contributed by atoms with Gasteiger partial charge in [0.2, 0.25) is 0 Å². The quantitative estimate of drug-likeness (QED) is 0.834. The average Bonchev–Trinajstić information content (AvgIpc) is 2.15. The van der Waals surface area contributed by atoms with Gasteiger partial charge in [-0.05, 0) is 18.8 Å². The maximum Gasteiger partial charge on any atom is 0.511 e. The van der Waals surface area contributed by atoms with Gasteiger partial charge < -0.3 is 5.11 Å². The van der Waals surface area contributed by atoms with E-state index in [0.29, 0.717) is 10.7 Å². The van der Waals surface area contributed by atoms with Crippen LogP contribution in [0.4, 0.5) is 13.2 Å². The van der Waals surface area contributed by atoms with Gasteiger partial charge in [0.25, 0.3) is 0 Å². The van der Waals surface area contributed by atoms with Crippen LogP contribution in [0, 0.1) is 5.92 Å². The van der Waals surface area contributed by atoms with Crippen LogP contribution >= 0.6 is 0 Å². The van der Waals surface area contributed by atoms with Crippen LogP contribution in [0.25, 0.3) is 0 Å². The molecule has 0 radical (unpaired) electrons. The van der Waals surface area contributed by atoms with Crippen LogP contribution in [0.3, 0.4) is 0 Å². The predicted octanol–water partition coefficient (Wildman–Crippen LogP) is 1.02. The zero-order valence-corrected chi connectivity index (χ0v) is 9.59. The molecular formula is C8H12F3NO4S. The molecule has 0 aromatic rings. The summed E-state index contributed by atoms with van der Waals surface area (Å²) in [4.78, 5) is 10.4. The van der Waals surface area contributed by atoms with Gasteiger partial charge in [0.1, 0.15) is 0 Å². The number of halogens is 3. The molecule has 1 rings (SSSR count). The Kier molecular flexibility index (Phi) is 4.03. The second-order valence-electron chi connectivity index (χ2n) is 3.91. The van der Waals surface area contributed by atoms with Crippen LogP contribution in [0.5, 0.6) is 0 Å². The lowest BCUT2D eigenvalue weighted by atomic mass is 9.96. The number of carboxylic acids is 1. The topological polar surface area (TPSA) is 74.7 Å². The first-order valence-electron chi connectivity index (χ1n) is 4.93. The summed E-state index contributed by atoms with van der Waals surface area (Å²) >= 11 is 0. The van der Waals surface area contributed by atoms with Crippen LogP contribution < -0.4 is 0 Å². The zero-order chi connectivity index (χ0) is 13.3. The van der Waals surface area contributed by atoms with Gasteiger partial charge in [-0.2, -0.15) is 17.5 Å². The van der Waals surface area contributed by atoms with Crippen molar-refractivity contribution in [2.45, 2.75) is 24.8 Å². The SMILES string of the molecule is O=C(O)CC1CCCN(S(=O)(=O)C(F)(F)F)C1.